The molecule has 3 rings (SSSR count). The van der Waals surface area contributed by atoms with E-state index in [1.54, 1.807) is 7.11 Å². The summed E-state index contributed by atoms with van der Waals surface area (Å²) in [5, 5.41) is 10.6. The third kappa shape index (κ3) is 7.45. The first-order chi connectivity index (χ1) is 14.3. The molecule has 1 fully saturated rings. The molecule has 7 heteroatoms. The number of β-amino-alcohol motifs (C(OH)–C–C–N with tert-alkyl or cyclic N) is 1. The SMILES string of the molecule is COc1ccccc1N1CCN(CC(O)COc2ccc(C)cc2C(C)(C)C)CC1.Cl.Cl. The van der Waals surface area contributed by atoms with Crippen molar-refractivity contribution in [1.29, 1.82) is 0 Å². The van der Waals surface area contributed by atoms with E-state index in [2.05, 4.69) is 55.7 Å². The Morgan fingerprint density at radius 1 is 0.969 bits per heavy atom. The second-order valence-corrected chi connectivity index (χ2v) is 9.17. The number of benzene rings is 2. The topological polar surface area (TPSA) is 45.2 Å². The number of methoxy groups -OCH3 is 1. The molecule has 0 bridgehead atoms. The van der Waals surface area contributed by atoms with Gasteiger partial charge in [0.15, 0.2) is 0 Å². The van der Waals surface area contributed by atoms with E-state index in [0.29, 0.717) is 13.2 Å². The first-order valence-corrected chi connectivity index (χ1v) is 10.8. The number of aliphatic hydroxyl groups is 1. The number of anilines is 1. The van der Waals surface area contributed by atoms with Crippen molar-refractivity contribution < 1.29 is 14.6 Å². The molecule has 0 aliphatic carbocycles. The molecule has 1 unspecified atom stereocenters. The fraction of sp³-hybridized carbons (Fsp3) is 0.520. The van der Waals surface area contributed by atoms with Crippen molar-refractivity contribution in [2.75, 3.05) is 51.3 Å². The average molecular weight is 485 g/mol. The lowest BCUT2D eigenvalue weighted by Crippen LogP contribution is -2.49. The van der Waals surface area contributed by atoms with Gasteiger partial charge in [0.1, 0.15) is 24.2 Å². The van der Waals surface area contributed by atoms with Crippen molar-refractivity contribution in [3.05, 3.63) is 53.6 Å². The van der Waals surface area contributed by atoms with Gasteiger partial charge in [-0.1, -0.05) is 50.6 Å². The van der Waals surface area contributed by atoms with Gasteiger partial charge < -0.3 is 19.5 Å². The number of ether oxygens (including phenoxy) is 2. The zero-order valence-corrected chi connectivity index (χ0v) is 21.5. The summed E-state index contributed by atoms with van der Waals surface area (Å²) < 4.78 is 11.5. The van der Waals surface area contributed by atoms with Crippen LogP contribution in [0.2, 0.25) is 0 Å². The van der Waals surface area contributed by atoms with Gasteiger partial charge in [0.2, 0.25) is 0 Å². The van der Waals surface area contributed by atoms with Crippen LogP contribution in [0.4, 0.5) is 5.69 Å². The summed E-state index contributed by atoms with van der Waals surface area (Å²) in [4.78, 5) is 4.65. The van der Waals surface area contributed by atoms with Crippen LogP contribution in [-0.4, -0.2) is 62.6 Å². The van der Waals surface area contributed by atoms with Crippen LogP contribution in [0.25, 0.3) is 0 Å². The fourth-order valence-corrected chi connectivity index (χ4v) is 3.95. The number of hydrogen-bond donors (Lipinski definition) is 1. The summed E-state index contributed by atoms with van der Waals surface area (Å²) in [7, 11) is 1.71. The van der Waals surface area contributed by atoms with Gasteiger partial charge in [0, 0.05) is 32.7 Å². The van der Waals surface area contributed by atoms with E-state index in [1.165, 1.54) is 11.1 Å². The molecule has 180 valence electrons. The van der Waals surface area contributed by atoms with Gasteiger partial charge in [0.05, 0.1) is 12.8 Å². The lowest BCUT2D eigenvalue weighted by Gasteiger charge is -2.37. The molecular weight excluding hydrogens is 447 g/mol. The number of hydrogen-bond acceptors (Lipinski definition) is 5. The van der Waals surface area contributed by atoms with E-state index < -0.39 is 6.10 Å². The highest BCUT2D eigenvalue weighted by molar-refractivity contribution is 5.85. The Hall–Kier alpha value is -1.66. The maximum Gasteiger partial charge on any atom is 0.142 e. The maximum absolute atomic E-state index is 10.6. The summed E-state index contributed by atoms with van der Waals surface area (Å²) in [5.41, 5.74) is 3.54. The van der Waals surface area contributed by atoms with Crippen molar-refractivity contribution in [3.8, 4) is 11.5 Å². The molecule has 2 aromatic carbocycles. The van der Waals surface area contributed by atoms with Gasteiger partial charge in [-0.05, 0) is 36.1 Å². The number of aliphatic hydroxyl groups excluding tert-OH is 1. The molecule has 1 aliphatic rings. The molecule has 0 aromatic heterocycles. The Morgan fingerprint density at radius 2 is 1.62 bits per heavy atom. The van der Waals surface area contributed by atoms with Crippen molar-refractivity contribution in [1.82, 2.24) is 4.90 Å². The molecule has 1 saturated heterocycles. The molecule has 5 nitrogen and oxygen atoms in total. The van der Waals surface area contributed by atoms with Crippen molar-refractivity contribution in [2.45, 2.75) is 39.2 Å². The summed E-state index contributed by atoms with van der Waals surface area (Å²) >= 11 is 0. The largest absolute Gasteiger partial charge is 0.495 e. The Kier molecular flexibility index (Phi) is 11.1. The van der Waals surface area contributed by atoms with E-state index in [9.17, 15) is 5.11 Å². The minimum Gasteiger partial charge on any atom is -0.495 e. The van der Waals surface area contributed by atoms with Crippen LogP contribution in [0.1, 0.15) is 31.9 Å². The average Bonchev–Trinajstić information content (AvgIpc) is 2.72. The summed E-state index contributed by atoms with van der Waals surface area (Å²) in [6.45, 7) is 13.2. The molecule has 1 N–H and O–H groups in total. The fourth-order valence-electron chi connectivity index (χ4n) is 3.95. The van der Waals surface area contributed by atoms with Crippen molar-refractivity contribution in [2.24, 2.45) is 0 Å². The molecule has 0 amide bonds. The van der Waals surface area contributed by atoms with Gasteiger partial charge in [-0.2, -0.15) is 0 Å². The normalized spacial score (nSPS) is 15.4. The van der Waals surface area contributed by atoms with E-state index >= 15 is 0 Å². The maximum atomic E-state index is 10.6. The smallest absolute Gasteiger partial charge is 0.142 e. The Morgan fingerprint density at radius 3 is 2.25 bits per heavy atom. The van der Waals surface area contributed by atoms with E-state index in [1.807, 2.05) is 24.3 Å². The zero-order chi connectivity index (χ0) is 21.7. The quantitative estimate of drug-likeness (QED) is 0.616. The Labute approximate surface area is 205 Å². The van der Waals surface area contributed by atoms with Crippen LogP contribution < -0.4 is 14.4 Å². The molecule has 2 aromatic rings. The number of aryl methyl sites for hydroxylation is 1. The van der Waals surface area contributed by atoms with Gasteiger partial charge in [0.25, 0.3) is 0 Å². The predicted octanol–water partition coefficient (Wildman–Crippen LogP) is 4.71. The standard InChI is InChI=1S/C25H36N2O3.2ClH/c1-19-10-11-23(21(16-19)25(2,3)4)30-18-20(28)17-26-12-14-27(15-13-26)22-8-6-7-9-24(22)29-5;;/h6-11,16,20,28H,12-15,17-18H2,1-5H3;2*1H. The number of nitrogens with zero attached hydrogens (tertiary/aromatic N) is 2. The van der Waals surface area contributed by atoms with Crippen LogP contribution in [0, 0.1) is 6.92 Å². The Bertz CT molecular complexity index is 834. The molecular formula is C25H38Cl2N2O3. The van der Waals surface area contributed by atoms with E-state index in [0.717, 1.165) is 43.4 Å². The second kappa shape index (κ2) is 12.5. The minimum atomic E-state index is -0.517. The van der Waals surface area contributed by atoms with Gasteiger partial charge in [-0.15, -0.1) is 24.8 Å². The van der Waals surface area contributed by atoms with Gasteiger partial charge >= 0.3 is 0 Å². The predicted molar refractivity (Wildman–Crippen MR) is 138 cm³/mol. The molecule has 0 spiro atoms. The van der Waals surface area contributed by atoms with Gasteiger partial charge in [-0.3, -0.25) is 4.90 Å². The lowest BCUT2D eigenvalue weighted by molar-refractivity contribution is 0.0656. The Balaban J connectivity index is 0.00000256. The summed E-state index contributed by atoms with van der Waals surface area (Å²) in [5.74, 6) is 1.78. The molecule has 1 atom stereocenters. The number of para-hydroxylation sites is 2. The zero-order valence-electron chi connectivity index (χ0n) is 19.8. The third-order valence-corrected chi connectivity index (χ3v) is 5.64. The van der Waals surface area contributed by atoms with Crippen LogP contribution in [0.5, 0.6) is 11.5 Å². The lowest BCUT2D eigenvalue weighted by atomic mass is 9.85. The first kappa shape index (κ1) is 28.4. The summed E-state index contributed by atoms with van der Waals surface area (Å²) in [6.07, 6.45) is -0.517. The molecule has 0 saturated carbocycles. The van der Waals surface area contributed by atoms with Crippen LogP contribution in [-0.2, 0) is 5.41 Å². The first-order valence-electron chi connectivity index (χ1n) is 10.8. The van der Waals surface area contributed by atoms with Crippen LogP contribution in [0.15, 0.2) is 42.5 Å². The highest BCUT2D eigenvalue weighted by atomic mass is 35.5. The van der Waals surface area contributed by atoms with Crippen molar-refractivity contribution in [3.63, 3.8) is 0 Å². The molecule has 1 heterocycles. The number of halogens is 2. The van der Waals surface area contributed by atoms with Gasteiger partial charge in [-0.25, -0.2) is 0 Å². The summed E-state index contributed by atoms with van der Waals surface area (Å²) in [6, 6.07) is 14.4. The number of piperazine rings is 1. The molecule has 1 aliphatic heterocycles. The molecule has 0 radical (unpaired) electrons. The highest BCUT2D eigenvalue weighted by Crippen LogP contribution is 2.32. The third-order valence-electron chi connectivity index (χ3n) is 5.64. The van der Waals surface area contributed by atoms with E-state index in [-0.39, 0.29) is 30.2 Å². The van der Waals surface area contributed by atoms with E-state index in [4.69, 9.17) is 9.47 Å². The minimum absolute atomic E-state index is 0. The second-order valence-electron chi connectivity index (χ2n) is 9.17. The number of rotatable bonds is 7. The van der Waals surface area contributed by atoms with Crippen LogP contribution in [0.3, 0.4) is 0 Å². The monoisotopic (exact) mass is 484 g/mol. The molecule has 32 heavy (non-hydrogen) atoms. The van der Waals surface area contributed by atoms with Crippen LogP contribution >= 0.6 is 24.8 Å². The highest BCUT2D eigenvalue weighted by Gasteiger charge is 2.23. The van der Waals surface area contributed by atoms with Crippen molar-refractivity contribution >= 4 is 30.5 Å².